The van der Waals surface area contributed by atoms with Crippen molar-refractivity contribution in [3.63, 3.8) is 0 Å². The molecule has 3 amide bonds. The van der Waals surface area contributed by atoms with Crippen molar-refractivity contribution in [1.82, 2.24) is 16.0 Å². The fourth-order valence-corrected chi connectivity index (χ4v) is 5.72. The van der Waals surface area contributed by atoms with Crippen LogP contribution in [0.15, 0.2) is 0 Å². The highest BCUT2D eigenvalue weighted by Crippen LogP contribution is 2.32. The first kappa shape index (κ1) is 39.2. The van der Waals surface area contributed by atoms with Gasteiger partial charge in [-0.15, -0.1) is 0 Å². The summed E-state index contributed by atoms with van der Waals surface area (Å²) in [6.45, 7) is 0.409. The van der Waals surface area contributed by atoms with E-state index in [0.717, 1.165) is 20.8 Å². The zero-order valence-electron chi connectivity index (χ0n) is 25.3. The summed E-state index contributed by atoms with van der Waals surface area (Å²) >= 11 is 0. The lowest BCUT2D eigenvalue weighted by atomic mass is 9.93. The topological polar surface area (TPSA) is 339 Å². The number of rotatable bonds is 12. The van der Waals surface area contributed by atoms with Crippen LogP contribution in [0, 0.1) is 0 Å². The summed E-state index contributed by atoms with van der Waals surface area (Å²) < 4.78 is 64.1. The Morgan fingerprint density at radius 1 is 0.638 bits per heavy atom. The Bertz CT molecular complexity index is 1200. The van der Waals surface area contributed by atoms with Gasteiger partial charge in [0, 0.05) is 20.8 Å². The molecule has 15 atom stereocenters. The van der Waals surface area contributed by atoms with Gasteiger partial charge in [0.25, 0.3) is 0 Å². The molecule has 0 spiro atoms. The Hall–Kier alpha value is -2.20. The van der Waals surface area contributed by atoms with Crippen molar-refractivity contribution < 1.29 is 91.0 Å². The van der Waals surface area contributed by atoms with Gasteiger partial charge in [0.05, 0.1) is 19.8 Å². The Labute approximate surface area is 267 Å². The van der Waals surface area contributed by atoms with Crippen molar-refractivity contribution in [2.75, 3.05) is 19.8 Å². The predicted octanol–water partition coefficient (Wildman–Crippen LogP) is -7.31. The quantitative estimate of drug-likeness (QED) is 0.0839. The molecule has 0 aliphatic carbocycles. The summed E-state index contributed by atoms with van der Waals surface area (Å²) in [5.74, 6) is -2.19. The van der Waals surface area contributed by atoms with Crippen molar-refractivity contribution in [2.45, 2.75) is 113 Å². The number of aliphatic hydroxyl groups is 7. The molecule has 0 bridgehead atoms. The lowest BCUT2D eigenvalue weighted by Gasteiger charge is -2.49. The molecule has 272 valence electrons. The van der Waals surface area contributed by atoms with Gasteiger partial charge < -0.3 is 75.4 Å². The zero-order chi connectivity index (χ0) is 35.4. The number of ether oxygens (including phenoxy) is 5. The van der Waals surface area contributed by atoms with E-state index in [9.17, 15) is 58.5 Å². The summed E-state index contributed by atoms with van der Waals surface area (Å²) in [6.07, 6.45) is -20.8. The summed E-state index contributed by atoms with van der Waals surface area (Å²) in [5, 5.41) is 80.5. The Morgan fingerprint density at radius 2 is 1.06 bits per heavy atom. The lowest BCUT2D eigenvalue weighted by Crippen LogP contribution is -2.71. The molecule has 47 heavy (non-hydrogen) atoms. The molecule has 3 heterocycles. The van der Waals surface area contributed by atoms with Crippen molar-refractivity contribution in [3.8, 4) is 0 Å². The Morgan fingerprint density at radius 3 is 1.53 bits per heavy atom. The van der Waals surface area contributed by atoms with Crippen LogP contribution < -0.4 is 16.0 Å². The van der Waals surface area contributed by atoms with Crippen molar-refractivity contribution in [3.05, 3.63) is 0 Å². The predicted molar refractivity (Wildman–Crippen MR) is 146 cm³/mol. The maximum Gasteiger partial charge on any atom is 0.397 e. The average molecular weight is 708 g/mol. The highest BCUT2D eigenvalue weighted by atomic mass is 32.3. The number of nitrogens with one attached hydrogen (secondary N) is 3. The van der Waals surface area contributed by atoms with E-state index < -0.39 is 140 Å². The number of carbonyl (C=O) groups excluding carboxylic acids is 3. The van der Waals surface area contributed by atoms with Crippen LogP contribution >= 0.6 is 0 Å². The molecule has 3 saturated heterocycles. The van der Waals surface area contributed by atoms with E-state index in [-0.39, 0.29) is 0 Å². The smallest absolute Gasteiger partial charge is 0.394 e. The number of hydrogen-bond acceptors (Lipinski definition) is 18. The second kappa shape index (κ2) is 16.5. The third kappa shape index (κ3) is 9.93. The second-order valence-electron chi connectivity index (χ2n) is 11.1. The minimum Gasteiger partial charge on any atom is -0.394 e. The molecule has 0 unspecified atom stereocenters. The van der Waals surface area contributed by atoms with Crippen molar-refractivity contribution in [2.24, 2.45) is 0 Å². The SMILES string of the molecule is CC(=O)N[C@@H]1[C@@H](O)[C@H](O[C@@H]2O[C@H](CO)[C@@H](O[C@@H]3O[C@H](CO)[C@@H](O)[C@H](O)[C@H]3NC(C)=O)[C@H](O)[C@H]2NC(C)=O)[C@@H](COS(=O)(=O)O)O[C@H]1O. The van der Waals surface area contributed by atoms with Gasteiger partial charge in [0.1, 0.15) is 73.1 Å². The van der Waals surface area contributed by atoms with Gasteiger partial charge in [-0.05, 0) is 0 Å². The second-order valence-corrected chi connectivity index (χ2v) is 12.2. The average Bonchev–Trinajstić information content (AvgIpc) is 2.97. The molecule has 3 aliphatic heterocycles. The van der Waals surface area contributed by atoms with E-state index in [1.54, 1.807) is 0 Å². The van der Waals surface area contributed by atoms with Crippen LogP contribution in [-0.4, -0.2) is 178 Å². The fraction of sp³-hybridized carbons (Fsp3) is 0.875. The van der Waals surface area contributed by atoms with Gasteiger partial charge in [-0.1, -0.05) is 0 Å². The van der Waals surface area contributed by atoms with Crippen LogP contribution in [0.3, 0.4) is 0 Å². The van der Waals surface area contributed by atoms with Crippen LogP contribution in [0.4, 0.5) is 0 Å². The molecule has 0 aromatic carbocycles. The van der Waals surface area contributed by atoms with E-state index in [2.05, 4.69) is 20.1 Å². The van der Waals surface area contributed by atoms with E-state index in [1.807, 2.05) is 0 Å². The molecule has 11 N–H and O–H groups in total. The molecule has 22 nitrogen and oxygen atoms in total. The van der Waals surface area contributed by atoms with Gasteiger partial charge in [-0.2, -0.15) is 8.42 Å². The molecule has 3 aliphatic rings. The standard InChI is InChI=1S/C24H41N3O19S/c1-7(30)25-13-18(35)21(12(42-22(13)37)6-41-47(38,39)40)46-24-15(27-9(3)32)19(36)20(11(5-29)44-24)45-23-14(26-8(2)31)17(34)16(33)10(4-28)43-23/h10-24,28-29,33-37H,4-6H2,1-3H3,(H,25,30)(H,26,31)(H,27,32)(H,38,39,40)/t10-,11-,12-,13-,14-,15-,16-,17-,18-,19-,20-,21-,22-,23+,24+/m1/s1. The van der Waals surface area contributed by atoms with Crippen LogP contribution in [0.2, 0.25) is 0 Å². The molecular weight excluding hydrogens is 666 g/mol. The lowest BCUT2D eigenvalue weighted by molar-refractivity contribution is -0.351. The minimum absolute atomic E-state index is 0.687. The first-order chi connectivity index (χ1) is 21.9. The van der Waals surface area contributed by atoms with Crippen molar-refractivity contribution in [1.29, 1.82) is 0 Å². The molecule has 0 saturated carbocycles. The van der Waals surface area contributed by atoms with Gasteiger partial charge >= 0.3 is 10.4 Å². The van der Waals surface area contributed by atoms with Gasteiger partial charge in [0.2, 0.25) is 17.7 Å². The third-order valence-electron chi connectivity index (χ3n) is 7.50. The highest BCUT2D eigenvalue weighted by molar-refractivity contribution is 7.80. The molecular formula is C24H41N3O19S. The first-order valence-electron chi connectivity index (χ1n) is 14.2. The molecule has 0 aromatic rings. The minimum atomic E-state index is -5.08. The third-order valence-corrected chi connectivity index (χ3v) is 7.93. The summed E-state index contributed by atoms with van der Waals surface area (Å²) in [7, 11) is -5.08. The summed E-state index contributed by atoms with van der Waals surface area (Å²) in [4.78, 5) is 35.7. The van der Waals surface area contributed by atoms with Gasteiger partial charge in [-0.25, -0.2) is 4.18 Å². The zero-order valence-corrected chi connectivity index (χ0v) is 26.1. The highest BCUT2D eigenvalue weighted by Gasteiger charge is 2.54. The number of amides is 3. The normalized spacial score (nSPS) is 41.1. The monoisotopic (exact) mass is 707 g/mol. The van der Waals surface area contributed by atoms with Gasteiger partial charge in [0.15, 0.2) is 18.9 Å². The fourth-order valence-electron chi connectivity index (χ4n) is 5.42. The first-order valence-corrected chi connectivity index (χ1v) is 15.6. The number of aliphatic hydroxyl groups excluding tert-OH is 7. The van der Waals surface area contributed by atoms with Crippen LogP contribution in [-0.2, 0) is 52.7 Å². The Balaban J connectivity index is 1.94. The van der Waals surface area contributed by atoms with E-state index in [0.29, 0.717) is 0 Å². The maximum atomic E-state index is 12.2. The molecule has 3 rings (SSSR count). The maximum absolute atomic E-state index is 12.2. The molecule has 0 radical (unpaired) electrons. The van der Waals surface area contributed by atoms with Crippen molar-refractivity contribution >= 4 is 28.1 Å². The van der Waals surface area contributed by atoms with Crippen LogP contribution in [0.25, 0.3) is 0 Å². The molecule has 0 aromatic heterocycles. The molecule has 3 fully saturated rings. The summed E-state index contributed by atoms with van der Waals surface area (Å²) in [6, 6.07) is -4.68. The van der Waals surface area contributed by atoms with Gasteiger partial charge in [-0.3, -0.25) is 18.9 Å². The van der Waals surface area contributed by atoms with E-state index >= 15 is 0 Å². The Kier molecular flexibility index (Phi) is 13.7. The van der Waals surface area contributed by atoms with E-state index in [4.69, 9.17) is 28.2 Å². The number of hydrogen-bond donors (Lipinski definition) is 11. The van der Waals surface area contributed by atoms with E-state index in [1.165, 1.54) is 0 Å². The van der Waals surface area contributed by atoms with Crippen LogP contribution in [0.5, 0.6) is 0 Å². The summed E-state index contributed by atoms with van der Waals surface area (Å²) in [5.41, 5.74) is 0. The molecule has 23 heteroatoms. The van der Waals surface area contributed by atoms with Crippen LogP contribution in [0.1, 0.15) is 20.8 Å². The largest absolute Gasteiger partial charge is 0.397 e. The number of carbonyl (C=O) groups is 3.